The largest absolute Gasteiger partial charge is 0.466 e. The van der Waals surface area contributed by atoms with Gasteiger partial charge in [-0.05, 0) is 19.9 Å². The Morgan fingerprint density at radius 2 is 2.19 bits per heavy atom. The van der Waals surface area contributed by atoms with Gasteiger partial charge < -0.3 is 9.15 Å². The average molecular weight is 222 g/mol. The van der Waals surface area contributed by atoms with Crippen molar-refractivity contribution in [3.63, 3.8) is 0 Å². The summed E-state index contributed by atoms with van der Waals surface area (Å²) in [6.45, 7) is 4.13. The highest BCUT2D eigenvalue weighted by atomic mass is 16.5. The van der Waals surface area contributed by atoms with Gasteiger partial charge in [0.1, 0.15) is 23.2 Å². The minimum absolute atomic E-state index is 0.0329. The number of ketones is 2. The van der Waals surface area contributed by atoms with E-state index in [9.17, 15) is 9.59 Å². The molecule has 16 heavy (non-hydrogen) atoms. The zero-order valence-electron chi connectivity index (χ0n) is 9.41. The summed E-state index contributed by atoms with van der Waals surface area (Å²) in [6.07, 6.45) is 0.326. The van der Waals surface area contributed by atoms with Crippen LogP contribution in [0.15, 0.2) is 10.5 Å². The average Bonchev–Trinajstić information content (AvgIpc) is 2.58. The van der Waals surface area contributed by atoms with Crippen LogP contribution in [0, 0.1) is 19.8 Å². The van der Waals surface area contributed by atoms with Gasteiger partial charge in [-0.2, -0.15) is 0 Å². The molecule has 0 N–H and O–H groups in total. The van der Waals surface area contributed by atoms with E-state index >= 15 is 0 Å². The second-order valence-corrected chi connectivity index (χ2v) is 4.03. The highest BCUT2D eigenvalue weighted by molar-refractivity contribution is 6.11. The summed E-state index contributed by atoms with van der Waals surface area (Å²) in [7, 11) is 0. The molecule has 0 aliphatic carbocycles. The van der Waals surface area contributed by atoms with Crippen LogP contribution in [0.5, 0.6) is 0 Å². The molecular formula is C12H14O4. The molecule has 1 atom stereocenters. The first-order valence-corrected chi connectivity index (χ1v) is 5.31. The molecule has 2 heterocycles. The number of hydrogen-bond acceptors (Lipinski definition) is 4. The fraction of sp³-hybridized carbons (Fsp3) is 0.500. The van der Waals surface area contributed by atoms with E-state index in [0.29, 0.717) is 30.1 Å². The molecule has 0 saturated carbocycles. The molecule has 0 bridgehead atoms. The smallest absolute Gasteiger partial charge is 0.179 e. The Hall–Kier alpha value is -1.42. The Kier molecular flexibility index (Phi) is 2.92. The lowest BCUT2D eigenvalue weighted by molar-refractivity contribution is -0.128. The second kappa shape index (κ2) is 4.22. The number of aryl methyl sites for hydroxylation is 2. The Labute approximate surface area is 93.6 Å². The zero-order chi connectivity index (χ0) is 11.7. The molecule has 2 rings (SSSR count). The van der Waals surface area contributed by atoms with Crippen molar-refractivity contribution < 1.29 is 18.7 Å². The van der Waals surface area contributed by atoms with Gasteiger partial charge in [0, 0.05) is 6.42 Å². The molecule has 0 amide bonds. The fourth-order valence-electron chi connectivity index (χ4n) is 1.93. The first kappa shape index (κ1) is 11.1. The molecule has 0 spiro atoms. The third-order valence-corrected chi connectivity index (χ3v) is 2.79. The van der Waals surface area contributed by atoms with Crippen LogP contribution in [-0.4, -0.2) is 24.8 Å². The first-order valence-electron chi connectivity index (χ1n) is 5.31. The first-order chi connectivity index (χ1) is 7.59. The molecule has 1 aromatic rings. The molecule has 1 aliphatic rings. The molecule has 0 aromatic carbocycles. The molecule has 4 nitrogen and oxygen atoms in total. The minimum atomic E-state index is -0.649. The summed E-state index contributed by atoms with van der Waals surface area (Å²) in [6, 6.07) is 1.68. The maximum atomic E-state index is 12.1. The number of carbonyl (C=O) groups is 2. The lowest BCUT2D eigenvalue weighted by Crippen LogP contribution is -2.34. The van der Waals surface area contributed by atoms with Gasteiger partial charge in [-0.25, -0.2) is 0 Å². The third kappa shape index (κ3) is 1.93. The summed E-state index contributed by atoms with van der Waals surface area (Å²) < 4.78 is 10.5. The van der Waals surface area contributed by atoms with E-state index < -0.39 is 5.92 Å². The predicted octanol–water partition coefficient (Wildman–Crippen LogP) is 1.68. The van der Waals surface area contributed by atoms with E-state index in [2.05, 4.69) is 0 Å². The summed E-state index contributed by atoms with van der Waals surface area (Å²) in [4.78, 5) is 23.7. The maximum Gasteiger partial charge on any atom is 0.179 e. The minimum Gasteiger partial charge on any atom is -0.466 e. The highest BCUT2D eigenvalue weighted by Gasteiger charge is 2.32. The van der Waals surface area contributed by atoms with Crippen molar-refractivity contribution in [2.45, 2.75) is 20.3 Å². The van der Waals surface area contributed by atoms with Gasteiger partial charge in [-0.15, -0.1) is 0 Å². The van der Waals surface area contributed by atoms with Crippen LogP contribution in [0.3, 0.4) is 0 Å². The van der Waals surface area contributed by atoms with Crippen LogP contribution < -0.4 is 0 Å². The summed E-state index contributed by atoms with van der Waals surface area (Å²) >= 11 is 0. The Morgan fingerprint density at radius 1 is 1.44 bits per heavy atom. The van der Waals surface area contributed by atoms with Crippen molar-refractivity contribution in [2.75, 3.05) is 13.2 Å². The highest BCUT2D eigenvalue weighted by Crippen LogP contribution is 2.21. The predicted molar refractivity (Wildman–Crippen MR) is 56.4 cm³/mol. The number of carbonyl (C=O) groups excluding carboxylic acids is 2. The van der Waals surface area contributed by atoms with Crippen molar-refractivity contribution in [3.8, 4) is 0 Å². The number of ether oxygens (including phenoxy) is 1. The van der Waals surface area contributed by atoms with Gasteiger partial charge in [0.25, 0.3) is 0 Å². The van der Waals surface area contributed by atoms with Crippen molar-refractivity contribution in [1.82, 2.24) is 0 Å². The molecular weight excluding hydrogens is 208 g/mol. The van der Waals surface area contributed by atoms with Crippen LogP contribution in [0.25, 0.3) is 0 Å². The quantitative estimate of drug-likeness (QED) is 0.564. The normalized spacial score (nSPS) is 21.1. The van der Waals surface area contributed by atoms with Gasteiger partial charge in [0.15, 0.2) is 5.78 Å². The van der Waals surface area contributed by atoms with Crippen LogP contribution in [0.1, 0.15) is 28.3 Å². The molecule has 1 saturated heterocycles. The van der Waals surface area contributed by atoms with Gasteiger partial charge in [-0.1, -0.05) is 0 Å². The monoisotopic (exact) mass is 222 g/mol. The molecule has 1 aromatic heterocycles. The van der Waals surface area contributed by atoms with Gasteiger partial charge >= 0.3 is 0 Å². The van der Waals surface area contributed by atoms with E-state index in [-0.39, 0.29) is 18.2 Å². The standard InChI is InChI=1S/C12H14O4/c1-7-5-9(8(2)16-7)12(14)10-6-15-4-3-11(10)13/h5,10H,3-4,6H2,1-2H3. The lowest BCUT2D eigenvalue weighted by Gasteiger charge is -2.19. The molecule has 4 heteroatoms. The van der Waals surface area contributed by atoms with E-state index in [1.54, 1.807) is 19.9 Å². The number of furan rings is 1. The van der Waals surface area contributed by atoms with Crippen LogP contribution >= 0.6 is 0 Å². The number of rotatable bonds is 2. The van der Waals surface area contributed by atoms with Gasteiger partial charge in [0.2, 0.25) is 0 Å². The number of hydrogen-bond donors (Lipinski definition) is 0. The maximum absolute atomic E-state index is 12.1. The van der Waals surface area contributed by atoms with E-state index in [0.717, 1.165) is 0 Å². The van der Waals surface area contributed by atoms with Crippen molar-refractivity contribution >= 4 is 11.6 Å². The molecule has 1 unspecified atom stereocenters. The van der Waals surface area contributed by atoms with Crippen LogP contribution in [0.2, 0.25) is 0 Å². The Morgan fingerprint density at radius 3 is 2.75 bits per heavy atom. The second-order valence-electron chi connectivity index (χ2n) is 4.03. The van der Waals surface area contributed by atoms with Crippen LogP contribution in [0.4, 0.5) is 0 Å². The number of Topliss-reactive ketones (excluding diaryl/α,β-unsaturated/α-hetero) is 2. The van der Waals surface area contributed by atoms with Crippen LogP contribution in [-0.2, 0) is 9.53 Å². The fourth-order valence-corrected chi connectivity index (χ4v) is 1.93. The SMILES string of the molecule is Cc1cc(C(=O)C2COCCC2=O)c(C)o1. The van der Waals surface area contributed by atoms with E-state index in [1.807, 2.05) is 0 Å². The Balaban J connectivity index is 2.24. The van der Waals surface area contributed by atoms with Gasteiger partial charge in [0.05, 0.1) is 18.8 Å². The molecule has 0 radical (unpaired) electrons. The van der Waals surface area contributed by atoms with Crippen molar-refractivity contribution in [2.24, 2.45) is 5.92 Å². The zero-order valence-corrected chi connectivity index (χ0v) is 9.41. The third-order valence-electron chi connectivity index (χ3n) is 2.79. The van der Waals surface area contributed by atoms with E-state index in [4.69, 9.17) is 9.15 Å². The summed E-state index contributed by atoms with van der Waals surface area (Å²) in [5.41, 5.74) is 0.501. The Bertz CT molecular complexity index is 430. The molecule has 1 aliphatic heterocycles. The summed E-state index contributed by atoms with van der Waals surface area (Å²) in [5, 5.41) is 0. The lowest BCUT2D eigenvalue weighted by atomic mass is 9.91. The molecule has 1 fully saturated rings. The van der Waals surface area contributed by atoms with Crippen molar-refractivity contribution in [1.29, 1.82) is 0 Å². The van der Waals surface area contributed by atoms with Gasteiger partial charge in [-0.3, -0.25) is 9.59 Å². The topological polar surface area (TPSA) is 56.5 Å². The van der Waals surface area contributed by atoms with Crippen molar-refractivity contribution in [3.05, 3.63) is 23.2 Å². The molecule has 86 valence electrons. The summed E-state index contributed by atoms with van der Waals surface area (Å²) in [5.74, 6) is 0.393. The van der Waals surface area contributed by atoms with E-state index in [1.165, 1.54) is 0 Å².